The van der Waals surface area contributed by atoms with Crippen LogP contribution in [0.2, 0.25) is 0 Å². The molecule has 0 aromatic heterocycles. The molecule has 1 unspecified atom stereocenters. The Balaban J connectivity index is 1.80. The summed E-state index contributed by atoms with van der Waals surface area (Å²) in [6.45, 7) is 4.75. The minimum absolute atomic E-state index is 0.433. The molecule has 2 N–H and O–H groups in total. The summed E-state index contributed by atoms with van der Waals surface area (Å²) in [5.41, 5.74) is 7.54. The van der Waals surface area contributed by atoms with E-state index in [4.69, 9.17) is 0 Å². The molecule has 2 heterocycles. The van der Waals surface area contributed by atoms with Crippen molar-refractivity contribution in [1.82, 2.24) is 5.32 Å². The summed E-state index contributed by atoms with van der Waals surface area (Å²) in [5, 5.41) is 7.09. The third kappa shape index (κ3) is 1.62. The van der Waals surface area contributed by atoms with Gasteiger partial charge in [0, 0.05) is 23.3 Å². The third-order valence-electron chi connectivity index (χ3n) is 4.73. The molecule has 0 fully saturated rings. The molecule has 1 atom stereocenters. The van der Waals surface area contributed by atoms with Gasteiger partial charge in [-0.15, -0.1) is 0 Å². The number of fused-ring (bicyclic) bond motifs is 4. The zero-order valence-electron chi connectivity index (χ0n) is 11.6. The van der Waals surface area contributed by atoms with Gasteiger partial charge in [0.1, 0.15) is 0 Å². The Morgan fingerprint density at radius 3 is 2.95 bits per heavy atom. The van der Waals surface area contributed by atoms with E-state index in [0.717, 1.165) is 0 Å². The summed E-state index contributed by atoms with van der Waals surface area (Å²) in [7, 11) is 0. The van der Waals surface area contributed by atoms with Crippen LogP contribution in [0.4, 0.5) is 5.69 Å². The Labute approximate surface area is 114 Å². The lowest BCUT2D eigenvalue weighted by atomic mass is 9.71. The summed E-state index contributed by atoms with van der Waals surface area (Å²) in [5.74, 6) is 0.476. The van der Waals surface area contributed by atoms with E-state index in [-0.39, 0.29) is 0 Å². The van der Waals surface area contributed by atoms with Gasteiger partial charge in [0.15, 0.2) is 0 Å². The molecule has 19 heavy (non-hydrogen) atoms. The Morgan fingerprint density at radius 2 is 2.05 bits per heavy atom. The number of hydrogen-bond acceptors (Lipinski definition) is 2. The second kappa shape index (κ2) is 3.66. The lowest BCUT2D eigenvalue weighted by Gasteiger charge is -2.37. The van der Waals surface area contributed by atoms with E-state index in [1.54, 1.807) is 5.57 Å². The summed E-state index contributed by atoms with van der Waals surface area (Å²) in [6.07, 6.45) is 5.85. The number of dihydropyridines is 1. The van der Waals surface area contributed by atoms with E-state index in [0.29, 0.717) is 11.3 Å². The first-order chi connectivity index (χ1) is 9.14. The molecule has 2 aliphatic heterocycles. The molecule has 2 heteroatoms. The Morgan fingerprint density at radius 1 is 1.21 bits per heavy atom. The number of nitrogens with one attached hydrogen (secondary N) is 2. The summed E-state index contributed by atoms with van der Waals surface area (Å²) < 4.78 is 0. The molecule has 0 bridgehead atoms. The number of rotatable bonds is 0. The van der Waals surface area contributed by atoms with Crippen LogP contribution in [0.25, 0.3) is 0 Å². The van der Waals surface area contributed by atoms with Crippen molar-refractivity contribution >= 4 is 5.69 Å². The monoisotopic (exact) mass is 252 g/mol. The molecular formula is C17H20N2. The highest BCUT2D eigenvalue weighted by atomic mass is 15.0. The van der Waals surface area contributed by atoms with Gasteiger partial charge >= 0.3 is 0 Å². The van der Waals surface area contributed by atoms with Crippen LogP contribution < -0.4 is 10.6 Å². The zero-order valence-corrected chi connectivity index (χ0v) is 11.6. The molecule has 4 rings (SSSR count). The van der Waals surface area contributed by atoms with Gasteiger partial charge in [-0.3, -0.25) is 0 Å². The Hall–Kier alpha value is -1.70. The maximum Gasteiger partial charge on any atom is 0.0505 e. The summed E-state index contributed by atoms with van der Waals surface area (Å²) in [4.78, 5) is 0. The fraction of sp³-hybridized carbons (Fsp3) is 0.412. The first-order valence-corrected chi connectivity index (χ1v) is 7.18. The summed E-state index contributed by atoms with van der Waals surface area (Å²) in [6, 6.07) is 8.71. The van der Waals surface area contributed by atoms with Crippen LogP contribution in [0.15, 0.2) is 47.4 Å². The molecule has 98 valence electrons. The van der Waals surface area contributed by atoms with Crippen molar-refractivity contribution in [2.24, 2.45) is 5.41 Å². The molecule has 1 aromatic carbocycles. The van der Waals surface area contributed by atoms with Crippen molar-refractivity contribution < 1.29 is 0 Å². The van der Waals surface area contributed by atoms with Crippen molar-refractivity contribution in [1.29, 1.82) is 0 Å². The van der Waals surface area contributed by atoms with Crippen LogP contribution in [0, 0.1) is 5.41 Å². The maximum absolute atomic E-state index is 3.55. The molecule has 3 aliphatic rings. The Bertz CT molecular complexity index is 607. The van der Waals surface area contributed by atoms with Gasteiger partial charge in [0.25, 0.3) is 0 Å². The van der Waals surface area contributed by atoms with Gasteiger partial charge in [0.2, 0.25) is 0 Å². The molecule has 0 amide bonds. The second-order valence-corrected chi connectivity index (χ2v) is 6.73. The molecule has 2 nitrogen and oxygen atoms in total. The van der Waals surface area contributed by atoms with E-state index in [2.05, 4.69) is 54.9 Å². The molecular weight excluding hydrogens is 232 g/mol. The predicted molar refractivity (Wildman–Crippen MR) is 78.7 cm³/mol. The molecule has 0 saturated carbocycles. The van der Waals surface area contributed by atoms with Crippen LogP contribution >= 0.6 is 0 Å². The molecule has 0 radical (unpaired) electrons. The lowest BCUT2D eigenvalue weighted by molar-refractivity contribution is 0.302. The Kier molecular flexibility index (Phi) is 2.15. The van der Waals surface area contributed by atoms with Crippen LogP contribution in [0.1, 0.15) is 44.6 Å². The van der Waals surface area contributed by atoms with Gasteiger partial charge < -0.3 is 10.6 Å². The van der Waals surface area contributed by atoms with E-state index in [9.17, 15) is 0 Å². The molecule has 1 aromatic rings. The fourth-order valence-electron chi connectivity index (χ4n) is 3.68. The second-order valence-electron chi connectivity index (χ2n) is 6.73. The highest BCUT2D eigenvalue weighted by Gasteiger charge is 2.38. The van der Waals surface area contributed by atoms with Gasteiger partial charge in [-0.1, -0.05) is 32.0 Å². The minimum Gasteiger partial charge on any atom is -0.363 e. The van der Waals surface area contributed by atoms with E-state index >= 15 is 0 Å². The van der Waals surface area contributed by atoms with Crippen LogP contribution in [-0.4, -0.2) is 0 Å². The SMILES string of the molecule is CC1(C)CCC2=C(C1)NC=C1Nc3ccccc3C12. The number of anilines is 1. The van der Waals surface area contributed by atoms with Gasteiger partial charge in [0.05, 0.1) is 5.92 Å². The van der Waals surface area contributed by atoms with Crippen LogP contribution in [0.5, 0.6) is 0 Å². The highest BCUT2D eigenvalue weighted by molar-refractivity contribution is 5.69. The average Bonchev–Trinajstić information content (AvgIpc) is 2.76. The number of para-hydroxylation sites is 1. The van der Waals surface area contributed by atoms with Crippen LogP contribution in [-0.2, 0) is 0 Å². The molecule has 0 saturated heterocycles. The molecule has 1 aliphatic carbocycles. The average molecular weight is 252 g/mol. The van der Waals surface area contributed by atoms with E-state index in [1.807, 2.05) is 0 Å². The van der Waals surface area contributed by atoms with Crippen molar-refractivity contribution in [3.8, 4) is 0 Å². The van der Waals surface area contributed by atoms with Crippen LogP contribution in [0.3, 0.4) is 0 Å². The third-order valence-corrected chi connectivity index (χ3v) is 4.73. The fourth-order valence-corrected chi connectivity index (χ4v) is 3.68. The van der Waals surface area contributed by atoms with Crippen molar-refractivity contribution in [2.75, 3.05) is 5.32 Å². The zero-order chi connectivity index (χ0) is 13.0. The largest absolute Gasteiger partial charge is 0.363 e. The van der Waals surface area contributed by atoms with Crippen molar-refractivity contribution in [3.63, 3.8) is 0 Å². The number of hydrogen-bond donors (Lipinski definition) is 2. The lowest BCUT2D eigenvalue weighted by Crippen LogP contribution is -2.29. The van der Waals surface area contributed by atoms with Crippen molar-refractivity contribution in [3.05, 3.63) is 53.0 Å². The first kappa shape index (κ1) is 11.2. The quantitative estimate of drug-likeness (QED) is 0.726. The number of benzene rings is 1. The first-order valence-electron chi connectivity index (χ1n) is 7.18. The molecule has 0 spiro atoms. The standard InChI is InChI=1S/C17H20N2/c1-17(2)8-7-12-14(9-17)18-10-15-16(12)11-5-3-4-6-13(11)19-15/h3-6,10,16,18-19H,7-9H2,1-2H3. The topological polar surface area (TPSA) is 24.1 Å². The minimum atomic E-state index is 0.433. The maximum atomic E-state index is 3.55. The van der Waals surface area contributed by atoms with Crippen molar-refractivity contribution in [2.45, 2.75) is 39.0 Å². The smallest absolute Gasteiger partial charge is 0.0505 e. The number of allylic oxidation sites excluding steroid dienone is 2. The highest BCUT2D eigenvalue weighted by Crippen LogP contribution is 2.50. The van der Waals surface area contributed by atoms with Gasteiger partial charge in [-0.2, -0.15) is 0 Å². The van der Waals surface area contributed by atoms with Gasteiger partial charge in [-0.25, -0.2) is 0 Å². The van der Waals surface area contributed by atoms with E-state index < -0.39 is 0 Å². The van der Waals surface area contributed by atoms with Gasteiger partial charge in [-0.05, 0) is 41.9 Å². The predicted octanol–water partition coefficient (Wildman–Crippen LogP) is 4.10. The summed E-state index contributed by atoms with van der Waals surface area (Å²) >= 11 is 0. The normalized spacial score (nSPS) is 26.6. The van der Waals surface area contributed by atoms with E-state index in [1.165, 1.54) is 41.9 Å².